The molecule has 8 heteroatoms. The van der Waals surface area contributed by atoms with Crippen LogP contribution in [0.4, 0.5) is 11.4 Å². The SMILES string of the molecule is Cc1[nH]ncc1S(=O)(=O)Nc1ccc(Cl)c(N)c1. The fourth-order valence-corrected chi connectivity index (χ4v) is 2.73. The van der Waals surface area contributed by atoms with Gasteiger partial charge < -0.3 is 5.73 Å². The minimum Gasteiger partial charge on any atom is -0.397 e. The van der Waals surface area contributed by atoms with Crippen molar-refractivity contribution < 1.29 is 8.42 Å². The summed E-state index contributed by atoms with van der Waals surface area (Å²) in [7, 11) is -3.67. The van der Waals surface area contributed by atoms with Crippen LogP contribution in [0.5, 0.6) is 0 Å². The van der Waals surface area contributed by atoms with Gasteiger partial charge in [0.1, 0.15) is 4.90 Å². The summed E-state index contributed by atoms with van der Waals surface area (Å²) < 4.78 is 26.5. The van der Waals surface area contributed by atoms with Crippen LogP contribution in [0.1, 0.15) is 5.69 Å². The zero-order chi connectivity index (χ0) is 13.3. The Bertz CT molecular complexity index is 681. The van der Waals surface area contributed by atoms with Gasteiger partial charge in [-0.15, -0.1) is 0 Å². The average Bonchev–Trinajstić information content (AvgIpc) is 2.70. The first-order valence-corrected chi connectivity index (χ1v) is 6.84. The maximum atomic E-state index is 12.0. The van der Waals surface area contributed by atoms with E-state index in [1.807, 2.05) is 0 Å². The van der Waals surface area contributed by atoms with Gasteiger partial charge in [-0.1, -0.05) is 11.6 Å². The number of nitrogens with one attached hydrogen (secondary N) is 2. The van der Waals surface area contributed by atoms with Gasteiger partial charge in [-0.2, -0.15) is 5.10 Å². The van der Waals surface area contributed by atoms with Crippen LogP contribution in [-0.4, -0.2) is 18.6 Å². The Labute approximate surface area is 109 Å². The molecule has 6 nitrogen and oxygen atoms in total. The second-order valence-corrected chi connectivity index (χ2v) is 5.76. The molecule has 0 amide bonds. The fraction of sp³-hybridized carbons (Fsp3) is 0.100. The van der Waals surface area contributed by atoms with Crippen LogP contribution in [-0.2, 0) is 10.0 Å². The molecule has 0 radical (unpaired) electrons. The molecule has 0 aliphatic carbocycles. The van der Waals surface area contributed by atoms with Gasteiger partial charge in [0.25, 0.3) is 10.0 Å². The summed E-state index contributed by atoms with van der Waals surface area (Å²) in [5.74, 6) is 0. The molecule has 0 saturated heterocycles. The van der Waals surface area contributed by atoms with E-state index in [4.69, 9.17) is 17.3 Å². The number of sulfonamides is 1. The summed E-state index contributed by atoms with van der Waals surface area (Å²) in [6, 6.07) is 4.51. The highest BCUT2D eigenvalue weighted by Gasteiger charge is 2.18. The molecule has 0 aliphatic heterocycles. The van der Waals surface area contributed by atoms with Crippen LogP contribution in [0.25, 0.3) is 0 Å². The molecule has 0 atom stereocenters. The number of hydrogen-bond donors (Lipinski definition) is 3. The number of halogens is 1. The highest BCUT2D eigenvalue weighted by molar-refractivity contribution is 7.92. The lowest BCUT2D eigenvalue weighted by molar-refractivity contribution is 0.600. The van der Waals surface area contributed by atoms with E-state index in [2.05, 4.69) is 14.9 Å². The van der Waals surface area contributed by atoms with Crippen molar-refractivity contribution in [3.05, 3.63) is 35.1 Å². The average molecular weight is 287 g/mol. The third kappa shape index (κ3) is 2.41. The van der Waals surface area contributed by atoms with Gasteiger partial charge in [0.15, 0.2) is 0 Å². The molecule has 2 rings (SSSR count). The summed E-state index contributed by atoms with van der Waals surface area (Å²) in [6.07, 6.45) is 1.25. The zero-order valence-electron chi connectivity index (χ0n) is 9.44. The Hall–Kier alpha value is -1.73. The second-order valence-electron chi connectivity index (χ2n) is 3.70. The van der Waals surface area contributed by atoms with E-state index < -0.39 is 10.0 Å². The first kappa shape index (κ1) is 12.7. The molecule has 2 aromatic rings. The van der Waals surface area contributed by atoms with Crippen LogP contribution in [0.3, 0.4) is 0 Å². The molecule has 1 aromatic heterocycles. The Morgan fingerprint density at radius 1 is 1.44 bits per heavy atom. The number of nitrogens with two attached hydrogens (primary N) is 1. The number of aryl methyl sites for hydroxylation is 1. The van der Waals surface area contributed by atoms with Crippen molar-refractivity contribution in [2.75, 3.05) is 10.5 Å². The van der Waals surface area contributed by atoms with Crippen molar-refractivity contribution in [2.45, 2.75) is 11.8 Å². The number of hydrogen-bond acceptors (Lipinski definition) is 4. The van der Waals surface area contributed by atoms with Crippen molar-refractivity contribution in [1.29, 1.82) is 0 Å². The van der Waals surface area contributed by atoms with Gasteiger partial charge >= 0.3 is 0 Å². The molecule has 96 valence electrons. The van der Waals surface area contributed by atoms with Crippen molar-refractivity contribution in [3.63, 3.8) is 0 Å². The van der Waals surface area contributed by atoms with E-state index in [9.17, 15) is 8.42 Å². The third-order valence-electron chi connectivity index (χ3n) is 2.32. The van der Waals surface area contributed by atoms with Crippen molar-refractivity contribution in [2.24, 2.45) is 0 Å². The van der Waals surface area contributed by atoms with Gasteiger partial charge in [-0.05, 0) is 25.1 Å². The zero-order valence-corrected chi connectivity index (χ0v) is 11.0. The van der Waals surface area contributed by atoms with Crippen LogP contribution in [0.15, 0.2) is 29.3 Å². The molecule has 0 bridgehead atoms. The van der Waals surface area contributed by atoms with E-state index >= 15 is 0 Å². The van der Waals surface area contributed by atoms with Gasteiger partial charge in [0, 0.05) is 0 Å². The lowest BCUT2D eigenvalue weighted by Gasteiger charge is -2.08. The van der Waals surface area contributed by atoms with Crippen LogP contribution >= 0.6 is 11.6 Å². The van der Waals surface area contributed by atoms with E-state index in [0.29, 0.717) is 22.1 Å². The quantitative estimate of drug-likeness (QED) is 0.748. The molecular formula is C10H11ClN4O2S. The molecule has 18 heavy (non-hydrogen) atoms. The highest BCUT2D eigenvalue weighted by atomic mass is 35.5. The molecule has 0 aliphatic rings. The minimum absolute atomic E-state index is 0.0935. The standard InChI is InChI=1S/C10H11ClN4O2S/c1-6-10(5-13-14-6)18(16,17)15-7-2-3-8(11)9(12)4-7/h2-5,15H,12H2,1H3,(H,13,14). The molecule has 0 spiro atoms. The summed E-state index contributed by atoms with van der Waals surface area (Å²) >= 11 is 5.76. The Balaban J connectivity index is 2.34. The van der Waals surface area contributed by atoms with Crippen LogP contribution in [0, 0.1) is 6.92 Å². The van der Waals surface area contributed by atoms with Gasteiger partial charge in [0.2, 0.25) is 0 Å². The van der Waals surface area contributed by atoms with Crippen molar-refractivity contribution >= 4 is 33.0 Å². The Morgan fingerprint density at radius 2 is 2.17 bits per heavy atom. The van der Waals surface area contributed by atoms with Crippen molar-refractivity contribution in [3.8, 4) is 0 Å². The summed E-state index contributed by atoms with van der Waals surface area (Å²) in [6.45, 7) is 1.62. The maximum Gasteiger partial charge on any atom is 0.265 e. The monoisotopic (exact) mass is 286 g/mol. The fourth-order valence-electron chi connectivity index (χ4n) is 1.43. The maximum absolute atomic E-state index is 12.0. The summed E-state index contributed by atoms with van der Waals surface area (Å²) in [5.41, 5.74) is 6.72. The number of nitrogen functional groups attached to an aromatic ring is 1. The first-order chi connectivity index (χ1) is 8.40. The Kier molecular flexibility index (Phi) is 3.18. The lowest BCUT2D eigenvalue weighted by Crippen LogP contribution is -2.13. The van der Waals surface area contributed by atoms with Crippen molar-refractivity contribution in [1.82, 2.24) is 10.2 Å². The molecule has 0 saturated carbocycles. The van der Waals surface area contributed by atoms with Crippen LogP contribution < -0.4 is 10.5 Å². The number of aromatic amines is 1. The number of H-pyrrole nitrogens is 1. The van der Waals surface area contributed by atoms with Gasteiger partial charge in [-0.3, -0.25) is 9.82 Å². The molecule has 1 heterocycles. The molecular weight excluding hydrogens is 276 g/mol. The predicted molar refractivity (Wildman–Crippen MR) is 70.0 cm³/mol. The first-order valence-electron chi connectivity index (χ1n) is 4.98. The van der Waals surface area contributed by atoms with Gasteiger partial charge in [-0.25, -0.2) is 8.42 Å². The summed E-state index contributed by atoms with van der Waals surface area (Å²) in [5, 5.41) is 6.61. The van der Waals surface area contributed by atoms with E-state index in [1.54, 1.807) is 6.92 Å². The smallest absolute Gasteiger partial charge is 0.265 e. The molecule has 1 aromatic carbocycles. The lowest BCUT2D eigenvalue weighted by atomic mass is 10.3. The predicted octanol–water partition coefficient (Wildman–Crippen LogP) is 1.75. The van der Waals surface area contributed by atoms with E-state index in [-0.39, 0.29) is 4.90 Å². The third-order valence-corrected chi connectivity index (χ3v) is 4.16. The number of anilines is 2. The molecule has 0 unspecified atom stereocenters. The normalized spacial score (nSPS) is 11.4. The van der Waals surface area contributed by atoms with E-state index in [0.717, 1.165) is 0 Å². The topological polar surface area (TPSA) is 101 Å². The second kappa shape index (κ2) is 4.51. The minimum atomic E-state index is -3.67. The highest BCUT2D eigenvalue weighted by Crippen LogP contribution is 2.24. The van der Waals surface area contributed by atoms with Crippen LogP contribution in [0.2, 0.25) is 5.02 Å². The van der Waals surface area contributed by atoms with Gasteiger partial charge in [0.05, 0.1) is 28.3 Å². The molecule has 4 N–H and O–H groups in total. The summed E-state index contributed by atoms with van der Waals surface area (Å²) in [4.78, 5) is 0.0935. The van der Waals surface area contributed by atoms with E-state index in [1.165, 1.54) is 24.4 Å². The number of nitrogens with zero attached hydrogens (tertiary/aromatic N) is 1. The largest absolute Gasteiger partial charge is 0.397 e. The Morgan fingerprint density at radius 3 is 2.72 bits per heavy atom. The number of benzene rings is 1. The molecule has 0 fully saturated rings. The number of aromatic nitrogens is 2. The number of rotatable bonds is 3.